The van der Waals surface area contributed by atoms with Crippen LogP contribution in [-0.4, -0.2) is 9.97 Å². The van der Waals surface area contributed by atoms with Gasteiger partial charge < -0.3 is 4.98 Å². The van der Waals surface area contributed by atoms with E-state index in [0.717, 1.165) is 0 Å². The van der Waals surface area contributed by atoms with Gasteiger partial charge in [0.05, 0.1) is 6.33 Å². The third-order valence-corrected chi connectivity index (χ3v) is 0.406. The number of H-pyrrole nitrogens is 1. The van der Waals surface area contributed by atoms with Crippen molar-refractivity contribution in [1.29, 1.82) is 0 Å². The first-order chi connectivity index (χ1) is 2.50. The minimum Gasteiger partial charge on any atom is -0.351 e. The van der Waals surface area contributed by atoms with Gasteiger partial charge in [-0.3, -0.25) is 0 Å². The van der Waals surface area contributed by atoms with Crippen LogP contribution in [0.5, 0.6) is 0 Å². The monoisotopic (exact) mass is 126 g/mol. The maximum Gasteiger partial charge on any atom is 2.00 e. The number of hydrogen-bond acceptors (Lipinski definition) is 1. The second-order valence-corrected chi connectivity index (χ2v) is 0.761. The van der Waals surface area contributed by atoms with Gasteiger partial charge in [0.15, 0.2) is 0 Å². The fraction of sp³-hybridized carbons (Fsp3) is 0. The minimum absolute atomic E-state index is 0. The standard InChI is InChI=1S/C3H4N2.Ni/c1-2-5-3-4-1;/h1-3H,(H,4,5);/q;+2. The van der Waals surface area contributed by atoms with Gasteiger partial charge in [-0.05, 0) is 0 Å². The molecule has 0 atom stereocenters. The summed E-state index contributed by atoms with van der Waals surface area (Å²) in [5.41, 5.74) is 0. The Hall–Kier alpha value is -0.296. The molecule has 6 heavy (non-hydrogen) atoms. The summed E-state index contributed by atoms with van der Waals surface area (Å²) in [6.07, 6.45) is 5.08. The van der Waals surface area contributed by atoms with E-state index < -0.39 is 0 Å². The van der Waals surface area contributed by atoms with Crippen LogP contribution in [0.3, 0.4) is 0 Å². The molecule has 0 bridgehead atoms. The second kappa shape index (κ2) is 2.92. The molecular formula is C3H4N2Ni+2. The Morgan fingerprint density at radius 1 is 1.50 bits per heavy atom. The van der Waals surface area contributed by atoms with E-state index in [1.807, 2.05) is 0 Å². The summed E-state index contributed by atoms with van der Waals surface area (Å²) < 4.78 is 0. The number of aromatic nitrogens is 2. The maximum absolute atomic E-state index is 3.67. The Kier molecular flexibility index (Phi) is 2.77. The Labute approximate surface area is 45.9 Å². The van der Waals surface area contributed by atoms with Crippen molar-refractivity contribution in [2.75, 3.05) is 0 Å². The van der Waals surface area contributed by atoms with Crippen LogP contribution in [-0.2, 0) is 16.5 Å². The normalized spacial score (nSPS) is 6.67. The number of aromatic amines is 1. The van der Waals surface area contributed by atoms with Gasteiger partial charge in [0.2, 0.25) is 0 Å². The summed E-state index contributed by atoms with van der Waals surface area (Å²) in [5.74, 6) is 0. The second-order valence-electron chi connectivity index (χ2n) is 0.761. The van der Waals surface area contributed by atoms with E-state index >= 15 is 0 Å². The quantitative estimate of drug-likeness (QED) is 0.502. The van der Waals surface area contributed by atoms with E-state index in [9.17, 15) is 0 Å². The molecule has 0 aromatic carbocycles. The van der Waals surface area contributed by atoms with E-state index in [1.54, 1.807) is 18.7 Å². The zero-order chi connectivity index (χ0) is 3.54. The van der Waals surface area contributed by atoms with Gasteiger partial charge in [0.1, 0.15) is 0 Å². The first kappa shape index (κ1) is 5.70. The van der Waals surface area contributed by atoms with Crippen molar-refractivity contribution in [1.82, 2.24) is 9.97 Å². The molecule has 1 aromatic rings. The van der Waals surface area contributed by atoms with Gasteiger partial charge in [-0.2, -0.15) is 0 Å². The Morgan fingerprint density at radius 3 is 2.50 bits per heavy atom. The third kappa shape index (κ3) is 1.22. The van der Waals surface area contributed by atoms with Crippen molar-refractivity contribution in [3.05, 3.63) is 18.7 Å². The molecule has 0 aliphatic heterocycles. The first-order valence-corrected chi connectivity index (χ1v) is 1.43. The first-order valence-electron chi connectivity index (χ1n) is 1.43. The summed E-state index contributed by atoms with van der Waals surface area (Å²) in [5, 5.41) is 0. The van der Waals surface area contributed by atoms with Gasteiger partial charge in [0, 0.05) is 12.4 Å². The Balaban J connectivity index is 0.000000250. The molecular weight excluding hydrogens is 123 g/mol. The molecule has 1 rings (SSSR count). The molecule has 0 spiro atoms. The SMILES string of the molecule is [Ni+2].c1c[nH]cn1. The van der Waals surface area contributed by atoms with Crippen molar-refractivity contribution in [2.45, 2.75) is 0 Å². The largest absolute Gasteiger partial charge is 2.00 e. The molecule has 0 radical (unpaired) electrons. The van der Waals surface area contributed by atoms with Crippen LogP contribution >= 0.6 is 0 Å². The molecule has 0 amide bonds. The topological polar surface area (TPSA) is 28.7 Å². The van der Waals surface area contributed by atoms with Gasteiger partial charge in [-0.15, -0.1) is 0 Å². The predicted molar refractivity (Wildman–Crippen MR) is 18.6 cm³/mol. The summed E-state index contributed by atoms with van der Waals surface area (Å²) >= 11 is 0. The third-order valence-electron chi connectivity index (χ3n) is 0.406. The number of nitrogens with one attached hydrogen (secondary N) is 1. The van der Waals surface area contributed by atoms with E-state index in [2.05, 4.69) is 9.97 Å². The number of imidazole rings is 1. The molecule has 0 aliphatic carbocycles. The zero-order valence-electron chi connectivity index (χ0n) is 3.00. The summed E-state index contributed by atoms with van der Waals surface area (Å²) in [7, 11) is 0. The van der Waals surface area contributed by atoms with Gasteiger partial charge in [0.25, 0.3) is 0 Å². The molecule has 1 heterocycles. The van der Waals surface area contributed by atoms with Crippen molar-refractivity contribution in [3.63, 3.8) is 0 Å². The maximum atomic E-state index is 3.67. The molecule has 0 fully saturated rings. The molecule has 1 aromatic heterocycles. The summed E-state index contributed by atoms with van der Waals surface area (Å²) in [6.45, 7) is 0. The molecule has 0 saturated heterocycles. The van der Waals surface area contributed by atoms with Crippen LogP contribution in [0.25, 0.3) is 0 Å². The minimum atomic E-state index is 0. The van der Waals surface area contributed by atoms with Crippen LogP contribution < -0.4 is 0 Å². The molecule has 0 aliphatic rings. The van der Waals surface area contributed by atoms with Gasteiger partial charge in [-0.25, -0.2) is 4.98 Å². The molecule has 34 valence electrons. The van der Waals surface area contributed by atoms with Gasteiger partial charge >= 0.3 is 16.5 Å². The number of nitrogens with zero attached hydrogens (tertiary/aromatic N) is 1. The fourth-order valence-electron chi connectivity index (χ4n) is 0.215. The Bertz CT molecular complexity index is 65.3. The van der Waals surface area contributed by atoms with Gasteiger partial charge in [-0.1, -0.05) is 0 Å². The number of rotatable bonds is 0. The van der Waals surface area contributed by atoms with Crippen LogP contribution in [0.4, 0.5) is 0 Å². The molecule has 0 unspecified atom stereocenters. The van der Waals surface area contributed by atoms with E-state index in [4.69, 9.17) is 0 Å². The average molecular weight is 127 g/mol. The zero-order valence-corrected chi connectivity index (χ0v) is 3.98. The molecule has 1 N–H and O–H groups in total. The van der Waals surface area contributed by atoms with Crippen LogP contribution in [0.2, 0.25) is 0 Å². The van der Waals surface area contributed by atoms with E-state index in [0.29, 0.717) is 0 Å². The summed E-state index contributed by atoms with van der Waals surface area (Å²) in [6, 6.07) is 0. The van der Waals surface area contributed by atoms with Crippen LogP contribution in [0.15, 0.2) is 18.7 Å². The summed E-state index contributed by atoms with van der Waals surface area (Å²) in [4.78, 5) is 6.42. The van der Waals surface area contributed by atoms with E-state index in [-0.39, 0.29) is 16.5 Å². The van der Waals surface area contributed by atoms with Crippen molar-refractivity contribution in [2.24, 2.45) is 0 Å². The Morgan fingerprint density at radius 2 is 2.33 bits per heavy atom. The smallest absolute Gasteiger partial charge is 0.351 e. The van der Waals surface area contributed by atoms with E-state index in [1.165, 1.54) is 0 Å². The van der Waals surface area contributed by atoms with Crippen molar-refractivity contribution < 1.29 is 16.5 Å². The van der Waals surface area contributed by atoms with Crippen LogP contribution in [0, 0.1) is 0 Å². The van der Waals surface area contributed by atoms with Crippen molar-refractivity contribution in [3.8, 4) is 0 Å². The fourth-order valence-corrected chi connectivity index (χ4v) is 0.215. The van der Waals surface area contributed by atoms with Crippen LogP contribution in [0.1, 0.15) is 0 Å². The predicted octanol–water partition coefficient (Wildman–Crippen LogP) is 0.407. The average Bonchev–Trinajstić information content (AvgIpc) is 1.76. The molecule has 3 heteroatoms. The molecule has 0 saturated carbocycles. The molecule has 2 nitrogen and oxygen atoms in total. The number of hydrogen-bond donors (Lipinski definition) is 1. The van der Waals surface area contributed by atoms with Crippen molar-refractivity contribution >= 4 is 0 Å².